The molecule has 0 N–H and O–H groups in total. The summed E-state index contributed by atoms with van der Waals surface area (Å²) in [6, 6.07) is 0. The van der Waals surface area contributed by atoms with Crippen LogP contribution >= 0.6 is 0 Å². The molecule has 0 aliphatic heterocycles. The van der Waals surface area contributed by atoms with Crippen molar-refractivity contribution in [2.75, 3.05) is 13.2 Å². The maximum atomic E-state index is 12.2. The summed E-state index contributed by atoms with van der Waals surface area (Å²) in [6.07, 6.45) is 5.51. The van der Waals surface area contributed by atoms with Gasteiger partial charge >= 0.3 is 11.9 Å². The van der Waals surface area contributed by atoms with Crippen molar-refractivity contribution in [3.05, 3.63) is 23.3 Å². The van der Waals surface area contributed by atoms with E-state index in [1.54, 1.807) is 13.8 Å². The maximum Gasteiger partial charge on any atom is 0.323 e. The molecule has 0 fully saturated rings. The zero-order chi connectivity index (χ0) is 15.2. The molecule has 1 aliphatic rings. The minimum Gasteiger partial charge on any atom is -0.465 e. The number of allylic oxidation sites excluding steroid dienone is 4. The van der Waals surface area contributed by atoms with Crippen LogP contribution in [0.25, 0.3) is 0 Å². The van der Waals surface area contributed by atoms with E-state index in [0.717, 1.165) is 5.57 Å². The van der Waals surface area contributed by atoms with E-state index in [9.17, 15) is 9.59 Å². The number of esters is 2. The topological polar surface area (TPSA) is 52.6 Å². The van der Waals surface area contributed by atoms with Gasteiger partial charge in [-0.2, -0.15) is 0 Å². The van der Waals surface area contributed by atoms with Crippen molar-refractivity contribution in [2.45, 2.75) is 47.0 Å². The van der Waals surface area contributed by atoms with Crippen LogP contribution in [0.2, 0.25) is 0 Å². The Labute approximate surface area is 120 Å². The Morgan fingerprint density at radius 1 is 1.20 bits per heavy atom. The minimum absolute atomic E-state index is 0.268. The van der Waals surface area contributed by atoms with Gasteiger partial charge in [0.1, 0.15) is 0 Å². The van der Waals surface area contributed by atoms with Crippen molar-refractivity contribution in [1.82, 2.24) is 0 Å². The van der Waals surface area contributed by atoms with Gasteiger partial charge in [-0.1, -0.05) is 23.3 Å². The standard InChI is InChI=1S/C16H24O4/c1-5-19-14(17)16(15(18)20-6-2)9-7-13(8-10-16)11-12(3)4/h7,11H,5-6,8-10H2,1-4H3. The van der Waals surface area contributed by atoms with Crippen molar-refractivity contribution in [2.24, 2.45) is 5.41 Å². The van der Waals surface area contributed by atoms with Crippen molar-refractivity contribution >= 4 is 11.9 Å². The second-order valence-corrected chi connectivity index (χ2v) is 5.23. The van der Waals surface area contributed by atoms with Gasteiger partial charge in [0.05, 0.1) is 13.2 Å². The molecule has 0 radical (unpaired) electrons. The van der Waals surface area contributed by atoms with E-state index in [1.807, 2.05) is 19.9 Å². The monoisotopic (exact) mass is 280 g/mol. The van der Waals surface area contributed by atoms with Gasteiger partial charge in [-0.25, -0.2) is 0 Å². The van der Waals surface area contributed by atoms with E-state index in [0.29, 0.717) is 19.3 Å². The Bertz CT molecular complexity index is 410. The van der Waals surface area contributed by atoms with Crippen LogP contribution < -0.4 is 0 Å². The zero-order valence-electron chi connectivity index (χ0n) is 12.8. The Morgan fingerprint density at radius 2 is 1.75 bits per heavy atom. The van der Waals surface area contributed by atoms with E-state index in [-0.39, 0.29) is 13.2 Å². The number of hydrogen-bond acceptors (Lipinski definition) is 4. The van der Waals surface area contributed by atoms with Gasteiger partial charge < -0.3 is 9.47 Å². The second-order valence-electron chi connectivity index (χ2n) is 5.23. The molecule has 0 bridgehead atoms. The van der Waals surface area contributed by atoms with Crippen LogP contribution in [0.5, 0.6) is 0 Å². The quantitative estimate of drug-likeness (QED) is 0.573. The Hall–Kier alpha value is -1.58. The number of carbonyl (C=O) groups excluding carboxylic acids is 2. The van der Waals surface area contributed by atoms with E-state index >= 15 is 0 Å². The first kappa shape index (κ1) is 16.5. The summed E-state index contributed by atoms with van der Waals surface area (Å²) in [5, 5.41) is 0. The molecule has 0 atom stereocenters. The van der Waals surface area contributed by atoms with Crippen LogP contribution in [0.15, 0.2) is 23.3 Å². The maximum absolute atomic E-state index is 12.2. The minimum atomic E-state index is -1.16. The number of carbonyl (C=O) groups is 2. The smallest absolute Gasteiger partial charge is 0.323 e. The van der Waals surface area contributed by atoms with Crippen molar-refractivity contribution in [3.8, 4) is 0 Å². The lowest BCUT2D eigenvalue weighted by atomic mass is 9.74. The molecule has 0 unspecified atom stereocenters. The summed E-state index contributed by atoms with van der Waals surface area (Å²) in [7, 11) is 0. The van der Waals surface area contributed by atoms with Crippen LogP contribution in [0.3, 0.4) is 0 Å². The summed E-state index contributed by atoms with van der Waals surface area (Å²) in [4.78, 5) is 24.4. The highest BCUT2D eigenvalue weighted by Gasteiger charge is 2.49. The van der Waals surface area contributed by atoms with Gasteiger partial charge in [-0.15, -0.1) is 0 Å². The van der Waals surface area contributed by atoms with E-state index < -0.39 is 17.4 Å². The first-order valence-corrected chi connectivity index (χ1v) is 7.14. The Balaban J connectivity index is 2.99. The van der Waals surface area contributed by atoms with E-state index in [2.05, 4.69) is 6.08 Å². The summed E-state index contributed by atoms with van der Waals surface area (Å²) < 4.78 is 10.2. The zero-order valence-corrected chi connectivity index (χ0v) is 12.8. The van der Waals surface area contributed by atoms with Crippen molar-refractivity contribution < 1.29 is 19.1 Å². The third-order valence-corrected chi connectivity index (χ3v) is 3.36. The molecule has 4 heteroatoms. The molecular formula is C16H24O4. The molecule has 20 heavy (non-hydrogen) atoms. The molecule has 1 rings (SSSR count). The summed E-state index contributed by atoms with van der Waals surface area (Å²) in [6.45, 7) is 8.07. The lowest BCUT2D eigenvalue weighted by Crippen LogP contribution is -2.43. The fraction of sp³-hybridized carbons (Fsp3) is 0.625. The molecule has 0 saturated carbocycles. The molecule has 0 aromatic rings. The van der Waals surface area contributed by atoms with Gasteiger partial charge in [0.25, 0.3) is 0 Å². The molecule has 0 spiro atoms. The van der Waals surface area contributed by atoms with E-state index in [4.69, 9.17) is 9.47 Å². The number of hydrogen-bond donors (Lipinski definition) is 0. The molecule has 0 amide bonds. The van der Waals surface area contributed by atoms with Gasteiger partial charge in [-0.3, -0.25) is 9.59 Å². The van der Waals surface area contributed by atoms with Crippen LogP contribution in [0.1, 0.15) is 47.0 Å². The summed E-state index contributed by atoms with van der Waals surface area (Å²) in [5.74, 6) is -0.933. The van der Waals surface area contributed by atoms with E-state index in [1.165, 1.54) is 5.57 Å². The Morgan fingerprint density at radius 3 is 2.10 bits per heavy atom. The lowest BCUT2D eigenvalue weighted by molar-refractivity contribution is -0.172. The molecule has 0 saturated heterocycles. The summed E-state index contributed by atoms with van der Waals surface area (Å²) >= 11 is 0. The van der Waals surface area contributed by atoms with Crippen LogP contribution in [-0.4, -0.2) is 25.2 Å². The highest BCUT2D eigenvalue weighted by molar-refractivity contribution is 6.00. The van der Waals surface area contributed by atoms with Gasteiger partial charge in [0.15, 0.2) is 5.41 Å². The highest BCUT2D eigenvalue weighted by Crippen LogP contribution is 2.38. The highest BCUT2D eigenvalue weighted by atomic mass is 16.6. The van der Waals surface area contributed by atoms with Crippen LogP contribution in [0.4, 0.5) is 0 Å². The van der Waals surface area contributed by atoms with Gasteiger partial charge in [0, 0.05) is 0 Å². The number of rotatable bonds is 5. The molecular weight excluding hydrogens is 256 g/mol. The summed E-state index contributed by atoms with van der Waals surface area (Å²) in [5.41, 5.74) is 1.20. The molecule has 0 heterocycles. The Kier molecular flexibility index (Phi) is 5.99. The molecule has 1 aliphatic carbocycles. The average Bonchev–Trinajstić information content (AvgIpc) is 2.39. The molecule has 112 valence electrons. The van der Waals surface area contributed by atoms with Gasteiger partial charge in [0.2, 0.25) is 0 Å². The van der Waals surface area contributed by atoms with Crippen molar-refractivity contribution in [1.29, 1.82) is 0 Å². The predicted octanol–water partition coefficient (Wildman–Crippen LogP) is 3.18. The first-order valence-electron chi connectivity index (χ1n) is 7.14. The normalized spacial score (nSPS) is 16.9. The fourth-order valence-corrected chi connectivity index (χ4v) is 2.36. The largest absolute Gasteiger partial charge is 0.465 e. The number of ether oxygens (including phenoxy) is 2. The third-order valence-electron chi connectivity index (χ3n) is 3.36. The SMILES string of the molecule is CCOC(=O)C1(C(=O)OCC)CC=C(C=C(C)C)CC1. The lowest BCUT2D eigenvalue weighted by Gasteiger charge is -2.31. The third kappa shape index (κ3) is 3.71. The molecule has 4 nitrogen and oxygen atoms in total. The second kappa shape index (κ2) is 7.27. The molecule has 0 aromatic heterocycles. The first-order chi connectivity index (χ1) is 9.46. The fourth-order valence-electron chi connectivity index (χ4n) is 2.36. The predicted molar refractivity (Wildman–Crippen MR) is 77.1 cm³/mol. The van der Waals surface area contributed by atoms with Crippen LogP contribution in [-0.2, 0) is 19.1 Å². The van der Waals surface area contributed by atoms with Gasteiger partial charge in [-0.05, 0) is 47.0 Å². The molecule has 0 aromatic carbocycles. The van der Waals surface area contributed by atoms with Crippen molar-refractivity contribution in [3.63, 3.8) is 0 Å². The van der Waals surface area contributed by atoms with Crippen LogP contribution in [0, 0.1) is 5.41 Å². The average molecular weight is 280 g/mol.